The molecule has 4 heterocycles. The van der Waals surface area contributed by atoms with Crippen LogP contribution in [0.3, 0.4) is 0 Å². The summed E-state index contributed by atoms with van der Waals surface area (Å²) in [5, 5.41) is 7.63. The normalized spacial score (nSPS) is 11.1. The van der Waals surface area contributed by atoms with E-state index in [0.29, 0.717) is 43.8 Å². The van der Waals surface area contributed by atoms with Crippen LogP contribution in [0.25, 0.3) is 42.8 Å². The number of nitrogen functional groups attached to an aromatic ring is 1. The molecule has 6 rings (SSSR count). The van der Waals surface area contributed by atoms with Crippen molar-refractivity contribution in [1.29, 1.82) is 0 Å². The first-order valence-corrected chi connectivity index (χ1v) is 14.6. The Hall–Kier alpha value is -5.49. The third-order valence-electron chi connectivity index (χ3n) is 7.16. The van der Waals surface area contributed by atoms with Crippen LogP contribution in [0.15, 0.2) is 79.9 Å². The highest BCUT2D eigenvalue weighted by Crippen LogP contribution is 2.50. The second-order valence-corrected chi connectivity index (χ2v) is 11.3. The van der Waals surface area contributed by atoms with Crippen LogP contribution in [-0.4, -0.2) is 30.6 Å². The number of fused-ring (bicyclic) bond motifs is 1. The van der Waals surface area contributed by atoms with Gasteiger partial charge in [0.2, 0.25) is 5.91 Å². The summed E-state index contributed by atoms with van der Waals surface area (Å²) in [5.41, 5.74) is 11.6. The lowest BCUT2D eigenvalue weighted by atomic mass is 9.95. The number of halogens is 2. The minimum absolute atomic E-state index is 0.0230. The van der Waals surface area contributed by atoms with Crippen molar-refractivity contribution in [1.82, 2.24) is 30.0 Å². The number of thiophene rings is 1. The van der Waals surface area contributed by atoms with Crippen molar-refractivity contribution in [2.75, 3.05) is 5.73 Å². The number of ether oxygens (including phenoxy) is 1. The first-order chi connectivity index (χ1) is 21.7. The fraction of sp³-hybridized carbons (Fsp3) is 0.121. The first kappa shape index (κ1) is 29.6. The molecule has 0 fully saturated rings. The lowest BCUT2D eigenvalue weighted by molar-refractivity contribution is -0.116. The summed E-state index contributed by atoms with van der Waals surface area (Å²) in [7, 11) is 1.82. The Kier molecular flexibility index (Phi) is 8.05. The van der Waals surface area contributed by atoms with Gasteiger partial charge in [0.1, 0.15) is 12.5 Å². The third-order valence-corrected chi connectivity index (χ3v) is 8.42. The summed E-state index contributed by atoms with van der Waals surface area (Å²) >= 11 is 1.41. The Morgan fingerprint density at radius 2 is 1.98 bits per heavy atom. The summed E-state index contributed by atoms with van der Waals surface area (Å²) in [6.07, 6.45) is 7.98. The van der Waals surface area contributed by atoms with Gasteiger partial charge in [-0.3, -0.25) is 9.48 Å². The average Bonchev–Trinajstić information content (AvgIpc) is 3.65. The molecule has 4 aromatic heterocycles. The van der Waals surface area contributed by atoms with Gasteiger partial charge in [0.25, 0.3) is 0 Å². The zero-order chi connectivity index (χ0) is 31.7. The molecule has 0 bridgehead atoms. The zero-order valence-electron chi connectivity index (χ0n) is 24.3. The number of pyridine rings is 1. The molecule has 0 saturated heterocycles. The maximum atomic E-state index is 15.7. The van der Waals surface area contributed by atoms with Crippen molar-refractivity contribution < 1.29 is 18.3 Å². The maximum Gasteiger partial charge on any atom is 0.322 e. The van der Waals surface area contributed by atoms with Gasteiger partial charge < -0.3 is 15.8 Å². The summed E-state index contributed by atoms with van der Waals surface area (Å²) in [5.74, 6) is -0.781. The summed E-state index contributed by atoms with van der Waals surface area (Å²) < 4.78 is 38.4. The van der Waals surface area contributed by atoms with Crippen LogP contribution >= 0.6 is 11.3 Å². The predicted molar refractivity (Wildman–Crippen MR) is 171 cm³/mol. The highest BCUT2D eigenvalue weighted by atomic mass is 32.1. The second kappa shape index (κ2) is 12.2. The number of hydrogen-bond donors (Lipinski definition) is 2. The summed E-state index contributed by atoms with van der Waals surface area (Å²) in [6, 6.07) is 11.6. The summed E-state index contributed by atoms with van der Waals surface area (Å²) in [4.78, 5) is 25.1. The third kappa shape index (κ3) is 5.87. The lowest BCUT2D eigenvalue weighted by Gasteiger charge is -2.13. The van der Waals surface area contributed by atoms with E-state index in [-0.39, 0.29) is 30.0 Å². The van der Waals surface area contributed by atoms with E-state index in [1.807, 2.05) is 19.3 Å². The van der Waals surface area contributed by atoms with Gasteiger partial charge in [0.05, 0.1) is 6.20 Å². The largest absolute Gasteiger partial charge is 0.421 e. The number of hydrogen-bond acceptors (Lipinski definition) is 8. The van der Waals surface area contributed by atoms with Crippen molar-refractivity contribution in [3.63, 3.8) is 0 Å². The number of anilines is 1. The Labute approximate surface area is 261 Å². The van der Waals surface area contributed by atoms with E-state index in [1.54, 1.807) is 48.3 Å². The lowest BCUT2D eigenvalue weighted by Crippen LogP contribution is -2.19. The standard InChI is InChI=1S/C33H27F2N7O2S/c1-4-27(43)38-14-19-5-7-23(21(11-19)13-34)30-28(20-6-8-26(25(35)12-20)44-33-37-10-9-18(2)41-33)29-31(45-30)24(16-39-32(29)36)22-15-40-42(3)17-22/h4-12,15-17H,1,13-14H2,2-3H3,(H2,36,39)(H,38,43). The van der Waals surface area contributed by atoms with Gasteiger partial charge in [-0.1, -0.05) is 30.8 Å². The molecule has 12 heteroatoms. The van der Waals surface area contributed by atoms with Crippen molar-refractivity contribution in [2.45, 2.75) is 20.1 Å². The number of carbonyl (C=O) groups excluding carboxylic acids is 1. The molecule has 9 nitrogen and oxygen atoms in total. The van der Waals surface area contributed by atoms with Crippen molar-refractivity contribution in [2.24, 2.45) is 7.05 Å². The number of benzene rings is 2. The molecule has 0 saturated carbocycles. The molecule has 0 unspecified atom stereocenters. The van der Waals surface area contributed by atoms with Crippen molar-refractivity contribution in [3.05, 3.63) is 103 Å². The zero-order valence-corrected chi connectivity index (χ0v) is 25.2. The fourth-order valence-electron chi connectivity index (χ4n) is 5.02. The molecule has 0 atom stereocenters. The monoisotopic (exact) mass is 623 g/mol. The first-order valence-electron chi connectivity index (χ1n) is 13.8. The number of nitrogens with two attached hydrogens (primary N) is 1. The highest BCUT2D eigenvalue weighted by Gasteiger charge is 2.24. The van der Waals surface area contributed by atoms with Crippen LogP contribution in [0, 0.1) is 12.7 Å². The van der Waals surface area contributed by atoms with Crippen molar-refractivity contribution >= 4 is 33.1 Å². The van der Waals surface area contributed by atoms with Crippen LogP contribution in [0.1, 0.15) is 16.8 Å². The van der Waals surface area contributed by atoms with Gasteiger partial charge in [-0.05, 0) is 53.5 Å². The topological polar surface area (TPSA) is 121 Å². The van der Waals surface area contributed by atoms with Crippen LogP contribution in [0.2, 0.25) is 0 Å². The number of amides is 1. The van der Waals surface area contributed by atoms with Crippen LogP contribution < -0.4 is 15.8 Å². The van der Waals surface area contributed by atoms with Gasteiger partial charge in [0, 0.05) is 69.5 Å². The quantitative estimate of drug-likeness (QED) is 0.168. The minimum Gasteiger partial charge on any atom is -0.421 e. The molecule has 3 N–H and O–H groups in total. The number of rotatable bonds is 9. The van der Waals surface area contributed by atoms with E-state index in [0.717, 1.165) is 15.8 Å². The van der Waals surface area contributed by atoms with Crippen LogP contribution in [0.5, 0.6) is 11.8 Å². The Morgan fingerprint density at radius 3 is 2.69 bits per heavy atom. The fourth-order valence-corrected chi connectivity index (χ4v) is 6.44. The minimum atomic E-state index is -0.771. The van der Waals surface area contributed by atoms with Gasteiger partial charge in [-0.15, -0.1) is 11.3 Å². The number of aryl methyl sites for hydroxylation is 2. The van der Waals surface area contributed by atoms with Gasteiger partial charge in [-0.25, -0.2) is 23.7 Å². The predicted octanol–water partition coefficient (Wildman–Crippen LogP) is 6.91. The molecule has 226 valence electrons. The van der Waals surface area contributed by atoms with Gasteiger partial charge in [0.15, 0.2) is 11.6 Å². The molecular weight excluding hydrogens is 596 g/mol. The van der Waals surface area contributed by atoms with E-state index in [4.69, 9.17) is 10.5 Å². The molecule has 45 heavy (non-hydrogen) atoms. The summed E-state index contributed by atoms with van der Waals surface area (Å²) in [6.45, 7) is 4.68. The number of carbonyl (C=O) groups is 1. The molecule has 0 aliphatic rings. The molecular formula is C33H27F2N7O2S. The Balaban J connectivity index is 1.54. The van der Waals surface area contributed by atoms with Crippen LogP contribution in [0.4, 0.5) is 14.6 Å². The second-order valence-electron chi connectivity index (χ2n) is 10.2. The van der Waals surface area contributed by atoms with Crippen molar-refractivity contribution in [3.8, 4) is 44.5 Å². The molecule has 0 radical (unpaired) electrons. The molecule has 0 spiro atoms. The molecule has 2 aromatic carbocycles. The maximum absolute atomic E-state index is 15.7. The molecule has 6 aromatic rings. The Bertz CT molecular complexity index is 2090. The van der Waals surface area contributed by atoms with E-state index >= 15 is 4.39 Å². The van der Waals surface area contributed by atoms with Gasteiger partial charge >= 0.3 is 6.01 Å². The molecule has 0 aliphatic carbocycles. The number of aromatic nitrogens is 5. The average molecular weight is 624 g/mol. The number of nitrogens with zero attached hydrogens (tertiary/aromatic N) is 5. The van der Waals surface area contributed by atoms with Crippen LogP contribution in [-0.2, 0) is 25.1 Å². The van der Waals surface area contributed by atoms with E-state index in [1.165, 1.54) is 35.7 Å². The van der Waals surface area contributed by atoms with E-state index in [2.05, 4.69) is 31.9 Å². The number of nitrogens with one attached hydrogen (secondary N) is 1. The molecule has 0 aliphatic heterocycles. The molecule has 1 amide bonds. The SMILES string of the molecule is C=CC(=O)NCc1ccc(-c2sc3c(-c4cnn(C)c4)cnc(N)c3c2-c2ccc(Oc3nccc(C)n3)c(F)c2)c(CF)c1. The van der Waals surface area contributed by atoms with E-state index in [9.17, 15) is 9.18 Å². The van der Waals surface area contributed by atoms with Gasteiger partial charge in [-0.2, -0.15) is 5.10 Å². The Morgan fingerprint density at radius 1 is 1.13 bits per heavy atom. The number of alkyl halides is 1. The van der Waals surface area contributed by atoms with E-state index < -0.39 is 12.5 Å². The highest BCUT2D eigenvalue weighted by molar-refractivity contribution is 7.23. The smallest absolute Gasteiger partial charge is 0.322 e.